The molecule has 1 amide bonds. The Morgan fingerprint density at radius 3 is 2.94 bits per heavy atom. The first kappa shape index (κ1) is 12.2. The molecule has 0 aliphatic carbocycles. The van der Waals surface area contributed by atoms with Crippen LogP contribution in [-0.2, 0) is 0 Å². The van der Waals surface area contributed by atoms with Crippen molar-refractivity contribution in [1.82, 2.24) is 10.3 Å². The summed E-state index contributed by atoms with van der Waals surface area (Å²) in [4.78, 5) is 15.1. The molecule has 4 nitrogen and oxygen atoms in total. The fourth-order valence-corrected chi connectivity index (χ4v) is 1.71. The van der Waals surface area contributed by atoms with Gasteiger partial charge < -0.3 is 10.3 Å². The van der Waals surface area contributed by atoms with Crippen molar-refractivity contribution in [3.63, 3.8) is 0 Å². The number of nitrogens with one attached hydrogen (secondary N) is 2. The van der Waals surface area contributed by atoms with Crippen molar-refractivity contribution in [2.75, 3.05) is 6.54 Å². The van der Waals surface area contributed by atoms with Crippen LogP contribution in [0.1, 0.15) is 24.2 Å². The van der Waals surface area contributed by atoms with Crippen LogP contribution in [0.3, 0.4) is 0 Å². The van der Waals surface area contributed by atoms with E-state index in [2.05, 4.69) is 16.4 Å². The highest BCUT2D eigenvalue weighted by Crippen LogP contribution is 2.17. The van der Waals surface area contributed by atoms with Gasteiger partial charge in [-0.2, -0.15) is 5.26 Å². The largest absolute Gasteiger partial charge is 0.361 e. The Morgan fingerprint density at radius 1 is 1.44 bits per heavy atom. The third kappa shape index (κ3) is 2.35. The van der Waals surface area contributed by atoms with Crippen LogP contribution in [0, 0.1) is 16.7 Å². The Morgan fingerprint density at radius 2 is 2.22 bits per heavy atom. The number of fused-ring (bicyclic) bond motifs is 1. The van der Waals surface area contributed by atoms with E-state index < -0.39 is 5.41 Å². The number of nitrogens with zero attached hydrogens (tertiary/aromatic N) is 1. The van der Waals surface area contributed by atoms with E-state index in [1.165, 1.54) is 0 Å². The molecule has 2 rings (SSSR count). The number of carbonyl (C=O) groups is 1. The van der Waals surface area contributed by atoms with E-state index in [0.29, 0.717) is 12.1 Å². The molecule has 1 aromatic carbocycles. The van der Waals surface area contributed by atoms with E-state index in [1.807, 2.05) is 18.2 Å². The number of aromatic amines is 1. The molecule has 0 radical (unpaired) electrons. The molecule has 2 aromatic rings. The van der Waals surface area contributed by atoms with Gasteiger partial charge in [0, 0.05) is 18.1 Å². The Bertz CT molecular complexity index is 619. The molecule has 0 unspecified atom stereocenters. The SMILES string of the molecule is CC(C)(C#N)CNC(=O)c1cccc2cc[nH]c12. The number of rotatable bonds is 3. The van der Waals surface area contributed by atoms with Gasteiger partial charge in [-0.15, -0.1) is 0 Å². The van der Waals surface area contributed by atoms with E-state index >= 15 is 0 Å². The summed E-state index contributed by atoms with van der Waals surface area (Å²) < 4.78 is 0. The van der Waals surface area contributed by atoms with Gasteiger partial charge in [-0.1, -0.05) is 12.1 Å². The lowest BCUT2D eigenvalue weighted by atomic mass is 9.96. The summed E-state index contributed by atoms with van der Waals surface area (Å²) >= 11 is 0. The van der Waals surface area contributed by atoms with Crippen LogP contribution in [-0.4, -0.2) is 17.4 Å². The summed E-state index contributed by atoms with van der Waals surface area (Å²) in [5.74, 6) is -0.161. The predicted molar refractivity (Wildman–Crippen MR) is 70.0 cm³/mol. The second-order valence-electron chi connectivity index (χ2n) is 4.93. The van der Waals surface area contributed by atoms with Gasteiger partial charge in [-0.3, -0.25) is 4.79 Å². The smallest absolute Gasteiger partial charge is 0.253 e. The van der Waals surface area contributed by atoms with E-state index in [1.54, 1.807) is 26.1 Å². The maximum absolute atomic E-state index is 12.1. The summed E-state index contributed by atoms with van der Waals surface area (Å²) in [7, 11) is 0. The Kier molecular flexibility index (Phi) is 3.07. The number of benzene rings is 1. The van der Waals surface area contributed by atoms with E-state index in [0.717, 1.165) is 10.9 Å². The zero-order valence-corrected chi connectivity index (χ0v) is 10.4. The molecule has 0 aliphatic rings. The normalized spacial score (nSPS) is 11.2. The van der Waals surface area contributed by atoms with Gasteiger partial charge in [0.2, 0.25) is 0 Å². The average molecular weight is 241 g/mol. The van der Waals surface area contributed by atoms with Gasteiger partial charge in [0.05, 0.1) is 22.6 Å². The molecule has 0 atom stereocenters. The molecule has 0 spiro atoms. The first-order valence-electron chi connectivity index (χ1n) is 5.79. The Balaban J connectivity index is 2.20. The predicted octanol–water partition coefficient (Wildman–Crippen LogP) is 2.45. The number of carbonyl (C=O) groups excluding carboxylic acids is 1. The third-order valence-corrected chi connectivity index (χ3v) is 2.83. The van der Waals surface area contributed by atoms with Crippen molar-refractivity contribution in [3.05, 3.63) is 36.0 Å². The highest BCUT2D eigenvalue weighted by molar-refractivity contribution is 6.05. The third-order valence-electron chi connectivity index (χ3n) is 2.83. The maximum Gasteiger partial charge on any atom is 0.253 e. The molecule has 4 heteroatoms. The quantitative estimate of drug-likeness (QED) is 0.866. The molecule has 0 bridgehead atoms. The summed E-state index contributed by atoms with van der Waals surface area (Å²) in [6, 6.07) is 9.65. The highest BCUT2D eigenvalue weighted by atomic mass is 16.1. The second-order valence-corrected chi connectivity index (χ2v) is 4.93. The molecular formula is C14H15N3O. The molecule has 2 N–H and O–H groups in total. The molecule has 18 heavy (non-hydrogen) atoms. The van der Waals surface area contributed by atoms with Crippen molar-refractivity contribution in [2.45, 2.75) is 13.8 Å². The van der Waals surface area contributed by atoms with Crippen LogP contribution in [0.15, 0.2) is 30.5 Å². The molecule has 0 saturated heterocycles. The van der Waals surface area contributed by atoms with Gasteiger partial charge in [-0.05, 0) is 26.0 Å². The van der Waals surface area contributed by atoms with Crippen molar-refractivity contribution in [2.24, 2.45) is 5.41 Å². The minimum absolute atomic E-state index is 0.161. The lowest BCUT2D eigenvalue weighted by molar-refractivity contribution is 0.0945. The monoisotopic (exact) mass is 241 g/mol. The first-order chi connectivity index (χ1) is 8.53. The number of aromatic nitrogens is 1. The summed E-state index contributed by atoms with van der Waals surface area (Å²) in [5, 5.41) is 12.7. The van der Waals surface area contributed by atoms with Gasteiger partial charge in [0.1, 0.15) is 0 Å². The lowest BCUT2D eigenvalue weighted by Crippen LogP contribution is -2.33. The second kappa shape index (κ2) is 4.53. The van der Waals surface area contributed by atoms with Crippen LogP contribution in [0.25, 0.3) is 10.9 Å². The maximum atomic E-state index is 12.1. The standard InChI is InChI=1S/C14H15N3O/c1-14(2,8-15)9-17-13(18)11-5-3-4-10-6-7-16-12(10)11/h3-7,16H,9H2,1-2H3,(H,17,18). The van der Waals surface area contributed by atoms with Gasteiger partial charge in [-0.25, -0.2) is 0 Å². The molecule has 92 valence electrons. The highest BCUT2D eigenvalue weighted by Gasteiger charge is 2.19. The fourth-order valence-electron chi connectivity index (χ4n) is 1.71. The molecule has 1 aromatic heterocycles. The van der Waals surface area contributed by atoms with Crippen molar-refractivity contribution in [1.29, 1.82) is 5.26 Å². The number of nitriles is 1. The minimum Gasteiger partial charge on any atom is -0.361 e. The van der Waals surface area contributed by atoms with E-state index in [9.17, 15) is 4.79 Å². The molecule has 1 heterocycles. The van der Waals surface area contributed by atoms with Crippen molar-refractivity contribution < 1.29 is 4.79 Å². The molecule has 0 fully saturated rings. The van der Waals surface area contributed by atoms with Gasteiger partial charge in [0.15, 0.2) is 0 Å². The number of amides is 1. The fraction of sp³-hybridized carbons (Fsp3) is 0.286. The van der Waals surface area contributed by atoms with Crippen LogP contribution in [0.4, 0.5) is 0 Å². The van der Waals surface area contributed by atoms with E-state index in [4.69, 9.17) is 5.26 Å². The molecular weight excluding hydrogens is 226 g/mol. The minimum atomic E-state index is -0.556. The zero-order valence-electron chi connectivity index (χ0n) is 10.4. The lowest BCUT2D eigenvalue weighted by Gasteiger charge is -2.15. The molecule has 0 saturated carbocycles. The van der Waals surface area contributed by atoms with Crippen molar-refractivity contribution in [3.8, 4) is 6.07 Å². The topological polar surface area (TPSA) is 68.7 Å². The van der Waals surface area contributed by atoms with Crippen molar-refractivity contribution >= 4 is 16.8 Å². The van der Waals surface area contributed by atoms with Crippen LogP contribution >= 0.6 is 0 Å². The number of hydrogen-bond donors (Lipinski definition) is 2. The first-order valence-corrected chi connectivity index (χ1v) is 5.79. The summed E-state index contributed by atoms with van der Waals surface area (Å²) in [6.45, 7) is 3.92. The summed E-state index contributed by atoms with van der Waals surface area (Å²) in [5.41, 5.74) is 0.871. The number of para-hydroxylation sites is 1. The van der Waals surface area contributed by atoms with Crippen LogP contribution in [0.2, 0.25) is 0 Å². The number of hydrogen-bond acceptors (Lipinski definition) is 2. The van der Waals surface area contributed by atoms with Gasteiger partial charge >= 0.3 is 0 Å². The van der Waals surface area contributed by atoms with Crippen LogP contribution < -0.4 is 5.32 Å². The average Bonchev–Trinajstić information content (AvgIpc) is 2.84. The Hall–Kier alpha value is -2.28. The Labute approximate surface area is 106 Å². The van der Waals surface area contributed by atoms with Crippen LogP contribution in [0.5, 0.6) is 0 Å². The molecule has 0 aliphatic heterocycles. The zero-order chi connectivity index (χ0) is 13.2. The van der Waals surface area contributed by atoms with Gasteiger partial charge in [0.25, 0.3) is 5.91 Å². The summed E-state index contributed by atoms with van der Waals surface area (Å²) in [6.07, 6.45) is 1.81. The number of H-pyrrole nitrogens is 1. The van der Waals surface area contributed by atoms with E-state index in [-0.39, 0.29) is 5.91 Å².